The summed E-state index contributed by atoms with van der Waals surface area (Å²) < 4.78 is 5.57. The topological polar surface area (TPSA) is 29.5 Å². The van der Waals surface area contributed by atoms with E-state index < -0.39 is 0 Å². The Morgan fingerprint density at radius 3 is 2.75 bits per heavy atom. The van der Waals surface area contributed by atoms with E-state index in [9.17, 15) is 5.11 Å². The predicted octanol–water partition coefficient (Wildman–Crippen LogP) is 1.72. The number of hydrogen-bond acceptors (Lipinski definition) is 2. The zero-order chi connectivity index (χ0) is 8.39. The zero-order valence-corrected chi connectivity index (χ0v) is 7.54. The van der Waals surface area contributed by atoms with Gasteiger partial charge in [0.15, 0.2) is 0 Å². The van der Waals surface area contributed by atoms with Gasteiger partial charge >= 0.3 is 0 Å². The predicted molar refractivity (Wildman–Crippen MR) is 46.9 cm³/mol. The van der Waals surface area contributed by atoms with Crippen LogP contribution in [0.2, 0.25) is 0 Å². The van der Waals surface area contributed by atoms with Crippen LogP contribution in [0.25, 0.3) is 0 Å². The van der Waals surface area contributed by atoms with Crippen LogP contribution in [0, 0.1) is 5.92 Å². The molecule has 0 radical (unpaired) electrons. The van der Waals surface area contributed by atoms with Crippen LogP contribution in [-0.2, 0) is 4.74 Å². The first-order valence-corrected chi connectivity index (χ1v) is 5.14. The van der Waals surface area contributed by atoms with E-state index in [2.05, 4.69) is 0 Å². The maximum absolute atomic E-state index is 9.33. The third-order valence-corrected chi connectivity index (χ3v) is 3.13. The lowest BCUT2D eigenvalue weighted by Gasteiger charge is -2.14. The van der Waals surface area contributed by atoms with E-state index >= 15 is 0 Å². The SMILES string of the molecule is OC1CCC(CC2CCCO2)C1. The van der Waals surface area contributed by atoms with E-state index in [0.717, 1.165) is 25.4 Å². The van der Waals surface area contributed by atoms with Gasteiger partial charge in [0.25, 0.3) is 0 Å². The molecule has 2 heteroatoms. The molecule has 1 aliphatic carbocycles. The number of ether oxygens (including phenoxy) is 1. The Hall–Kier alpha value is -0.0800. The van der Waals surface area contributed by atoms with Gasteiger partial charge in [-0.25, -0.2) is 0 Å². The van der Waals surface area contributed by atoms with Gasteiger partial charge in [-0.2, -0.15) is 0 Å². The monoisotopic (exact) mass is 170 g/mol. The Kier molecular flexibility index (Phi) is 2.66. The molecule has 70 valence electrons. The molecule has 0 aromatic carbocycles. The Morgan fingerprint density at radius 1 is 1.25 bits per heavy atom. The van der Waals surface area contributed by atoms with E-state index in [1.165, 1.54) is 25.7 Å². The molecule has 12 heavy (non-hydrogen) atoms. The Morgan fingerprint density at radius 2 is 2.17 bits per heavy atom. The fraction of sp³-hybridized carbons (Fsp3) is 1.00. The Bertz CT molecular complexity index is 141. The largest absolute Gasteiger partial charge is 0.393 e. The van der Waals surface area contributed by atoms with Crippen molar-refractivity contribution in [1.82, 2.24) is 0 Å². The van der Waals surface area contributed by atoms with Gasteiger partial charge in [0, 0.05) is 6.61 Å². The fourth-order valence-electron chi connectivity index (χ4n) is 2.46. The van der Waals surface area contributed by atoms with Crippen LogP contribution in [0.15, 0.2) is 0 Å². The van der Waals surface area contributed by atoms with Crippen molar-refractivity contribution < 1.29 is 9.84 Å². The van der Waals surface area contributed by atoms with Gasteiger partial charge in [-0.1, -0.05) is 0 Å². The number of hydrogen-bond donors (Lipinski definition) is 1. The number of aliphatic hydroxyl groups is 1. The lowest BCUT2D eigenvalue weighted by atomic mass is 9.98. The lowest BCUT2D eigenvalue weighted by molar-refractivity contribution is 0.0872. The summed E-state index contributed by atoms with van der Waals surface area (Å²) in [6.45, 7) is 0.958. The number of rotatable bonds is 2. The summed E-state index contributed by atoms with van der Waals surface area (Å²) in [4.78, 5) is 0. The van der Waals surface area contributed by atoms with Crippen LogP contribution in [0.3, 0.4) is 0 Å². The van der Waals surface area contributed by atoms with Crippen molar-refractivity contribution >= 4 is 0 Å². The summed E-state index contributed by atoms with van der Waals surface area (Å²) in [5.41, 5.74) is 0. The fourth-order valence-corrected chi connectivity index (χ4v) is 2.46. The van der Waals surface area contributed by atoms with E-state index in [0.29, 0.717) is 6.10 Å². The molecule has 3 unspecified atom stereocenters. The van der Waals surface area contributed by atoms with Gasteiger partial charge in [0.1, 0.15) is 0 Å². The summed E-state index contributed by atoms with van der Waals surface area (Å²) in [7, 11) is 0. The van der Waals surface area contributed by atoms with Crippen molar-refractivity contribution in [1.29, 1.82) is 0 Å². The molecule has 1 saturated carbocycles. The van der Waals surface area contributed by atoms with Crippen molar-refractivity contribution in [3.05, 3.63) is 0 Å². The van der Waals surface area contributed by atoms with Crippen molar-refractivity contribution in [3.8, 4) is 0 Å². The molecule has 0 aromatic heterocycles. The van der Waals surface area contributed by atoms with Gasteiger partial charge < -0.3 is 9.84 Å². The third kappa shape index (κ3) is 1.99. The van der Waals surface area contributed by atoms with Crippen LogP contribution in [-0.4, -0.2) is 23.9 Å². The van der Waals surface area contributed by atoms with Gasteiger partial charge in [-0.3, -0.25) is 0 Å². The molecule has 1 aliphatic heterocycles. The van der Waals surface area contributed by atoms with E-state index in [1.54, 1.807) is 0 Å². The molecule has 1 N–H and O–H groups in total. The highest BCUT2D eigenvalue weighted by molar-refractivity contribution is 4.78. The minimum Gasteiger partial charge on any atom is -0.393 e. The van der Waals surface area contributed by atoms with Gasteiger partial charge in [0.05, 0.1) is 12.2 Å². The van der Waals surface area contributed by atoms with E-state index in [1.807, 2.05) is 0 Å². The average molecular weight is 170 g/mol. The quantitative estimate of drug-likeness (QED) is 0.683. The van der Waals surface area contributed by atoms with Crippen molar-refractivity contribution in [3.63, 3.8) is 0 Å². The molecule has 3 atom stereocenters. The molecule has 0 amide bonds. The summed E-state index contributed by atoms with van der Waals surface area (Å²) in [6, 6.07) is 0. The molecule has 1 heterocycles. The molecule has 0 spiro atoms. The van der Waals surface area contributed by atoms with Crippen molar-refractivity contribution in [2.24, 2.45) is 5.92 Å². The molecule has 2 fully saturated rings. The Labute approximate surface area is 73.9 Å². The first kappa shape index (κ1) is 8.52. The van der Waals surface area contributed by atoms with Gasteiger partial charge in [-0.05, 0) is 44.4 Å². The Balaban J connectivity index is 1.72. The van der Waals surface area contributed by atoms with Crippen molar-refractivity contribution in [2.45, 2.75) is 50.7 Å². The summed E-state index contributed by atoms with van der Waals surface area (Å²) in [5, 5.41) is 9.33. The molecule has 2 rings (SSSR count). The first-order chi connectivity index (χ1) is 5.84. The highest BCUT2D eigenvalue weighted by Gasteiger charge is 2.27. The zero-order valence-electron chi connectivity index (χ0n) is 7.54. The van der Waals surface area contributed by atoms with Crippen LogP contribution in [0.1, 0.15) is 38.5 Å². The highest BCUT2D eigenvalue weighted by atomic mass is 16.5. The normalized spacial score (nSPS) is 42.2. The van der Waals surface area contributed by atoms with E-state index in [-0.39, 0.29) is 6.10 Å². The van der Waals surface area contributed by atoms with Crippen LogP contribution < -0.4 is 0 Å². The summed E-state index contributed by atoms with van der Waals surface area (Å²) >= 11 is 0. The van der Waals surface area contributed by atoms with Crippen molar-refractivity contribution in [2.75, 3.05) is 6.61 Å². The van der Waals surface area contributed by atoms with Gasteiger partial charge in [0.2, 0.25) is 0 Å². The van der Waals surface area contributed by atoms with Crippen LogP contribution in [0.4, 0.5) is 0 Å². The maximum Gasteiger partial charge on any atom is 0.0578 e. The van der Waals surface area contributed by atoms with Gasteiger partial charge in [-0.15, -0.1) is 0 Å². The second kappa shape index (κ2) is 3.75. The summed E-state index contributed by atoms with van der Waals surface area (Å²) in [6.07, 6.45) is 7.40. The molecular formula is C10H18O2. The van der Waals surface area contributed by atoms with Crippen LogP contribution in [0.5, 0.6) is 0 Å². The maximum atomic E-state index is 9.33. The molecule has 2 aliphatic rings. The minimum atomic E-state index is -0.0172. The molecular weight excluding hydrogens is 152 g/mol. The second-order valence-electron chi connectivity index (χ2n) is 4.20. The smallest absolute Gasteiger partial charge is 0.0578 e. The van der Waals surface area contributed by atoms with Crippen LogP contribution >= 0.6 is 0 Å². The average Bonchev–Trinajstić information content (AvgIpc) is 2.63. The first-order valence-electron chi connectivity index (χ1n) is 5.14. The standard InChI is InChI=1S/C10H18O2/c11-9-4-3-8(6-9)7-10-2-1-5-12-10/h8-11H,1-7H2. The second-order valence-corrected chi connectivity index (χ2v) is 4.20. The molecule has 0 aromatic rings. The lowest BCUT2D eigenvalue weighted by Crippen LogP contribution is -2.11. The third-order valence-electron chi connectivity index (χ3n) is 3.13. The summed E-state index contributed by atoms with van der Waals surface area (Å²) in [5.74, 6) is 0.739. The van der Waals surface area contributed by atoms with E-state index in [4.69, 9.17) is 4.74 Å². The molecule has 0 bridgehead atoms. The highest BCUT2D eigenvalue weighted by Crippen LogP contribution is 2.31. The number of aliphatic hydroxyl groups excluding tert-OH is 1. The molecule has 1 saturated heterocycles. The molecule has 2 nitrogen and oxygen atoms in total. The minimum absolute atomic E-state index is 0.0172.